The maximum atomic E-state index is 10.0. The third-order valence-corrected chi connectivity index (χ3v) is 1.65. The van der Waals surface area contributed by atoms with Crippen LogP contribution < -0.4 is 0 Å². The minimum Gasteiger partial charge on any atom is -0.289 e. The highest BCUT2D eigenvalue weighted by atomic mass is 16.1. The van der Waals surface area contributed by atoms with E-state index in [-0.39, 0.29) is 0 Å². The largest absolute Gasteiger partial charge is 0.289 e. The second kappa shape index (κ2) is 4.15. The minimum absolute atomic E-state index is 0.518. The van der Waals surface area contributed by atoms with Gasteiger partial charge in [-0.1, -0.05) is 5.92 Å². The molecule has 0 unspecified atom stereocenters. The van der Waals surface area contributed by atoms with Gasteiger partial charge in [-0.3, -0.25) is 9.36 Å². The third kappa shape index (κ3) is 2.06. The number of aldehydes is 1. The van der Waals surface area contributed by atoms with Gasteiger partial charge in [0.05, 0.1) is 5.56 Å². The number of carbonyl (C=O) groups is 1. The molecule has 0 aliphatic heterocycles. The summed E-state index contributed by atoms with van der Waals surface area (Å²) < 4.78 is 1.68. The van der Waals surface area contributed by atoms with Crippen molar-refractivity contribution in [2.24, 2.45) is 0 Å². The van der Waals surface area contributed by atoms with Gasteiger partial charge in [0.2, 0.25) is 5.95 Å². The Hall–Kier alpha value is -2.48. The van der Waals surface area contributed by atoms with E-state index in [1.807, 2.05) is 0 Å². The molecule has 2 aromatic heterocycles. The molecule has 0 aromatic carbocycles. The predicted molar refractivity (Wildman–Crippen MR) is 52.1 cm³/mol. The zero-order chi connectivity index (χ0) is 10.5. The fraction of sp³-hybridized carbons (Fsp3) is 0. The van der Waals surface area contributed by atoms with Gasteiger partial charge in [-0.2, -0.15) is 0 Å². The summed E-state index contributed by atoms with van der Waals surface area (Å²) in [6.45, 7) is 0. The number of imidazole rings is 1. The topological polar surface area (TPSA) is 60.7 Å². The van der Waals surface area contributed by atoms with Crippen molar-refractivity contribution in [1.82, 2.24) is 19.5 Å². The molecule has 15 heavy (non-hydrogen) atoms. The normalized spacial score (nSPS) is 9.07. The predicted octanol–water partition coefficient (Wildman–Crippen LogP) is 0.213. The highest BCUT2D eigenvalue weighted by Crippen LogP contribution is 1.99. The second-order valence-electron chi connectivity index (χ2n) is 2.63. The lowest BCUT2D eigenvalue weighted by molar-refractivity contribution is -0.103. The Bertz CT molecular complexity index is 505. The van der Waals surface area contributed by atoms with E-state index in [1.54, 1.807) is 35.7 Å². The Balaban J connectivity index is 2.28. The number of hydrogen-bond acceptors (Lipinski definition) is 4. The zero-order valence-electron chi connectivity index (χ0n) is 7.66. The van der Waals surface area contributed by atoms with Crippen LogP contribution in [0.2, 0.25) is 0 Å². The molecular formula is C10H6N4O. The molecule has 5 nitrogen and oxygen atoms in total. The van der Waals surface area contributed by atoms with Crippen molar-refractivity contribution >= 4 is 6.29 Å². The van der Waals surface area contributed by atoms with Gasteiger partial charge in [-0.25, -0.2) is 15.0 Å². The Morgan fingerprint density at radius 2 is 2.13 bits per heavy atom. The van der Waals surface area contributed by atoms with Crippen LogP contribution in [0.25, 0.3) is 5.95 Å². The van der Waals surface area contributed by atoms with Gasteiger partial charge in [0.25, 0.3) is 0 Å². The highest BCUT2D eigenvalue weighted by Gasteiger charge is 1.97. The molecule has 0 aliphatic rings. The lowest BCUT2D eigenvalue weighted by Gasteiger charge is -1.97. The molecule has 0 N–H and O–H groups in total. The smallest absolute Gasteiger partial charge is 0.234 e. The Morgan fingerprint density at radius 1 is 1.33 bits per heavy atom. The molecule has 0 radical (unpaired) electrons. The van der Waals surface area contributed by atoms with E-state index in [9.17, 15) is 4.79 Å². The van der Waals surface area contributed by atoms with Crippen LogP contribution in [0.5, 0.6) is 0 Å². The van der Waals surface area contributed by atoms with Crippen LogP contribution in [0.3, 0.4) is 0 Å². The average molecular weight is 198 g/mol. The number of hydrogen-bond donors (Lipinski definition) is 0. The summed E-state index contributed by atoms with van der Waals surface area (Å²) in [7, 11) is 0. The number of nitrogens with zero attached hydrogens (tertiary/aromatic N) is 4. The monoisotopic (exact) mass is 198 g/mol. The van der Waals surface area contributed by atoms with Crippen LogP contribution >= 0.6 is 0 Å². The summed E-state index contributed by atoms with van der Waals surface area (Å²) in [5.74, 6) is 5.41. The van der Waals surface area contributed by atoms with Crippen LogP contribution in [0.15, 0.2) is 31.1 Å². The van der Waals surface area contributed by atoms with Gasteiger partial charge in [-0.05, 0) is 5.92 Å². The molecule has 2 aromatic rings. The maximum absolute atomic E-state index is 10.0. The Morgan fingerprint density at radius 3 is 2.73 bits per heavy atom. The van der Waals surface area contributed by atoms with E-state index in [1.165, 1.54) is 0 Å². The van der Waals surface area contributed by atoms with E-state index in [4.69, 9.17) is 0 Å². The first-order valence-corrected chi connectivity index (χ1v) is 4.16. The second-order valence-corrected chi connectivity index (χ2v) is 2.63. The molecule has 0 atom stereocenters. The first kappa shape index (κ1) is 9.09. The molecule has 0 fully saturated rings. The average Bonchev–Trinajstić information content (AvgIpc) is 2.80. The molecular weight excluding hydrogens is 192 g/mol. The van der Waals surface area contributed by atoms with Gasteiger partial charge >= 0.3 is 0 Å². The van der Waals surface area contributed by atoms with E-state index in [0.717, 1.165) is 0 Å². The van der Waals surface area contributed by atoms with Gasteiger partial charge in [0, 0.05) is 24.8 Å². The molecule has 2 heterocycles. The first-order chi connectivity index (χ1) is 7.40. The number of carbonyl (C=O) groups excluding carboxylic acids is 1. The summed E-state index contributed by atoms with van der Waals surface area (Å²) in [4.78, 5) is 22.0. The van der Waals surface area contributed by atoms with Gasteiger partial charge in [0.15, 0.2) is 6.29 Å². The Labute approximate surface area is 85.8 Å². The lowest BCUT2D eigenvalue weighted by Crippen LogP contribution is -1.97. The van der Waals surface area contributed by atoms with E-state index >= 15 is 0 Å². The quantitative estimate of drug-likeness (QED) is 0.485. The third-order valence-electron chi connectivity index (χ3n) is 1.65. The van der Waals surface area contributed by atoms with E-state index in [2.05, 4.69) is 26.8 Å². The fourth-order valence-corrected chi connectivity index (χ4v) is 1.01. The van der Waals surface area contributed by atoms with Gasteiger partial charge in [0.1, 0.15) is 6.33 Å². The zero-order valence-corrected chi connectivity index (χ0v) is 7.66. The minimum atomic E-state index is 0.518. The van der Waals surface area contributed by atoms with E-state index in [0.29, 0.717) is 17.8 Å². The van der Waals surface area contributed by atoms with Crippen LogP contribution in [-0.4, -0.2) is 25.8 Å². The van der Waals surface area contributed by atoms with Gasteiger partial charge in [-0.15, -0.1) is 0 Å². The number of aromatic nitrogens is 4. The molecule has 0 amide bonds. The molecule has 0 bridgehead atoms. The Kier molecular flexibility index (Phi) is 2.52. The molecule has 0 spiro atoms. The van der Waals surface area contributed by atoms with Crippen molar-refractivity contribution in [2.45, 2.75) is 0 Å². The van der Waals surface area contributed by atoms with Crippen LogP contribution in [0.4, 0.5) is 0 Å². The summed E-state index contributed by atoms with van der Waals surface area (Å²) in [6.07, 6.45) is 8.63. The summed E-state index contributed by atoms with van der Waals surface area (Å²) in [5, 5.41) is 0. The van der Waals surface area contributed by atoms with Crippen molar-refractivity contribution in [3.8, 4) is 17.8 Å². The lowest BCUT2D eigenvalue weighted by atomic mass is 10.3. The van der Waals surface area contributed by atoms with Crippen molar-refractivity contribution in [1.29, 1.82) is 0 Å². The van der Waals surface area contributed by atoms with Gasteiger partial charge < -0.3 is 0 Å². The molecule has 0 saturated carbocycles. The van der Waals surface area contributed by atoms with Crippen LogP contribution in [0.1, 0.15) is 5.56 Å². The van der Waals surface area contributed by atoms with E-state index < -0.39 is 0 Å². The van der Waals surface area contributed by atoms with Crippen molar-refractivity contribution in [3.05, 3.63) is 36.7 Å². The van der Waals surface area contributed by atoms with Crippen molar-refractivity contribution < 1.29 is 4.79 Å². The number of rotatable bonds is 1. The molecule has 5 heteroatoms. The fourth-order valence-electron chi connectivity index (χ4n) is 1.01. The maximum Gasteiger partial charge on any atom is 0.234 e. The SMILES string of the molecule is O=CC#Cc1cnc(-n2ccnc2)nc1. The molecule has 72 valence electrons. The van der Waals surface area contributed by atoms with Crippen LogP contribution in [-0.2, 0) is 4.79 Å². The first-order valence-electron chi connectivity index (χ1n) is 4.16. The van der Waals surface area contributed by atoms with Crippen molar-refractivity contribution in [2.75, 3.05) is 0 Å². The molecule has 0 saturated heterocycles. The molecule has 2 rings (SSSR count). The summed E-state index contributed by atoms with van der Waals surface area (Å²) in [6, 6.07) is 0. The summed E-state index contributed by atoms with van der Waals surface area (Å²) in [5.41, 5.74) is 0.603. The van der Waals surface area contributed by atoms with Crippen LogP contribution in [0, 0.1) is 11.8 Å². The standard InChI is InChI=1S/C10H6N4O/c15-5-1-2-9-6-12-10(13-7-9)14-4-3-11-8-14/h3-8H. The highest BCUT2D eigenvalue weighted by molar-refractivity contribution is 5.73. The molecule has 0 aliphatic carbocycles. The van der Waals surface area contributed by atoms with Crippen molar-refractivity contribution in [3.63, 3.8) is 0 Å². The summed E-state index contributed by atoms with van der Waals surface area (Å²) >= 11 is 0.